The SMILES string of the molecule is COc1ccc(C(=CCCC(=O)NCCCCc2cccnc2)c2ccc(OC)cc2)cc1. The number of allylic oxidation sites excluding steroid dienone is 1. The van der Waals surface area contributed by atoms with Gasteiger partial charge in [-0.25, -0.2) is 0 Å². The van der Waals surface area contributed by atoms with Gasteiger partial charge in [-0.2, -0.15) is 0 Å². The number of hydrogen-bond acceptors (Lipinski definition) is 4. The number of amides is 1. The van der Waals surface area contributed by atoms with Gasteiger partial charge in [-0.15, -0.1) is 0 Å². The van der Waals surface area contributed by atoms with Crippen LogP contribution in [0.15, 0.2) is 79.1 Å². The van der Waals surface area contributed by atoms with E-state index in [1.54, 1.807) is 20.4 Å². The van der Waals surface area contributed by atoms with Crippen molar-refractivity contribution in [3.63, 3.8) is 0 Å². The average Bonchev–Trinajstić information content (AvgIpc) is 2.87. The summed E-state index contributed by atoms with van der Waals surface area (Å²) in [7, 11) is 3.32. The highest BCUT2D eigenvalue weighted by atomic mass is 16.5. The molecule has 3 rings (SSSR count). The minimum Gasteiger partial charge on any atom is -0.497 e. The van der Waals surface area contributed by atoms with Gasteiger partial charge in [0.05, 0.1) is 14.2 Å². The summed E-state index contributed by atoms with van der Waals surface area (Å²) in [5.41, 5.74) is 4.48. The molecule has 0 bridgehead atoms. The number of carbonyl (C=O) groups is 1. The molecule has 33 heavy (non-hydrogen) atoms. The molecule has 1 N–H and O–H groups in total. The van der Waals surface area contributed by atoms with E-state index in [1.807, 2.05) is 60.8 Å². The highest BCUT2D eigenvalue weighted by Gasteiger charge is 2.07. The fraction of sp³-hybridized carbons (Fsp3) is 0.286. The summed E-state index contributed by atoms with van der Waals surface area (Å²) in [6, 6.07) is 20.0. The minimum absolute atomic E-state index is 0.0800. The molecule has 1 heterocycles. The van der Waals surface area contributed by atoms with Crippen LogP contribution in [-0.4, -0.2) is 31.7 Å². The largest absolute Gasteiger partial charge is 0.497 e. The number of nitrogens with one attached hydrogen (secondary N) is 1. The fourth-order valence-corrected chi connectivity index (χ4v) is 3.61. The second kappa shape index (κ2) is 13.1. The highest BCUT2D eigenvalue weighted by molar-refractivity contribution is 5.81. The lowest BCUT2D eigenvalue weighted by atomic mass is 9.96. The molecule has 3 aromatic rings. The van der Waals surface area contributed by atoms with Gasteiger partial charge in [0.15, 0.2) is 0 Å². The van der Waals surface area contributed by atoms with Crippen molar-refractivity contribution in [2.75, 3.05) is 20.8 Å². The maximum Gasteiger partial charge on any atom is 0.220 e. The van der Waals surface area contributed by atoms with Gasteiger partial charge in [0.25, 0.3) is 0 Å². The number of pyridine rings is 1. The molecule has 0 radical (unpaired) electrons. The molecule has 2 aromatic carbocycles. The number of carbonyl (C=O) groups excluding carboxylic acids is 1. The number of ether oxygens (including phenoxy) is 2. The molecule has 0 atom stereocenters. The topological polar surface area (TPSA) is 60.5 Å². The lowest BCUT2D eigenvalue weighted by molar-refractivity contribution is -0.121. The predicted molar refractivity (Wildman–Crippen MR) is 132 cm³/mol. The quantitative estimate of drug-likeness (QED) is 0.377. The molecule has 172 valence electrons. The normalized spacial score (nSPS) is 10.4. The van der Waals surface area contributed by atoms with Crippen LogP contribution in [0, 0.1) is 0 Å². The standard InChI is InChI=1S/C28H32N2O3/c1-32-25-15-11-23(12-16-25)27(24-13-17-26(33-2)18-14-24)9-5-10-28(31)30-20-4-3-7-22-8-6-19-29-21-22/h6,8-9,11-19,21H,3-5,7,10,20H2,1-2H3,(H,30,31). The monoisotopic (exact) mass is 444 g/mol. The summed E-state index contributed by atoms with van der Waals surface area (Å²) in [6.07, 6.45) is 9.91. The summed E-state index contributed by atoms with van der Waals surface area (Å²) in [5, 5.41) is 3.04. The van der Waals surface area contributed by atoms with Crippen molar-refractivity contribution in [2.45, 2.75) is 32.1 Å². The van der Waals surface area contributed by atoms with Gasteiger partial charge in [0.2, 0.25) is 5.91 Å². The van der Waals surface area contributed by atoms with Crippen LogP contribution in [0.25, 0.3) is 5.57 Å². The molecule has 0 aliphatic heterocycles. The Morgan fingerprint density at radius 3 is 2.09 bits per heavy atom. The van der Waals surface area contributed by atoms with Crippen molar-refractivity contribution in [1.82, 2.24) is 10.3 Å². The van der Waals surface area contributed by atoms with Crippen molar-refractivity contribution in [2.24, 2.45) is 0 Å². The van der Waals surface area contributed by atoms with Gasteiger partial charge in [0.1, 0.15) is 11.5 Å². The molecular formula is C28H32N2O3. The molecule has 0 aliphatic rings. The molecule has 0 saturated heterocycles. The second-order valence-electron chi connectivity index (χ2n) is 7.78. The third kappa shape index (κ3) is 7.79. The minimum atomic E-state index is 0.0800. The van der Waals surface area contributed by atoms with Crippen LogP contribution in [0.4, 0.5) is 0 Å². The lowest BCUT2D eigenvalue weighted by Crippen LogP contribution is -2.23. The van der Waals surface area contributed by atoms with Gasteiger partial charge in [-0.3, -0.25) is 9.78 Å². The average molecular weight is 445 g/mol. The first-order valence-electron chi connectivity index (χ1n) is 11.3. The van der Waals surface area contributed by atoms with E-state index in [2.05, 4.69) is 22.4 Å². The Morgan fingerprint density at radius 2 is 1.55 bits per heavy atom. The second-order valence-corrected chi connectivity index (χ2v) is 7.78. The van der Waals surface area contributed by atoms with Gasteiger partial charge in [-0.05, 0) is 78.3 Å². The number of benzene rings is 2. The van der Waals surface area contributed by atoms with Gasteiger partial charge in [-0.1, -0.05) is 36.4 Å². The third-order valence-electron chi connectivity index (χ3n) is 5.46. The number of nitrogens with zero attached hydrogens (tertiary/aromatic N) is 1. The van der Waals surface area contributed by atoms with Crippen molar-refractivity contribution in [1.29, 1.82) is 0 Å². The van der Waals surface area contributed by atoms with Crippen LogP contribution in [0.2, 0.25) is 0 Å². The first kappa shape index (κ1) is 24.1. The number of aromatic nitrogens is 1. The van der Waals surface area contributed by atoms with Crippen molar-refractivity contribution >= 4 is 11.5 Å². The zero-order valence-corrected chi connectivity index (χ0v) is 19.4. The van der Waals surface area contributed by atoms with Crippen LogP contribution in [0.1, 0.15) is 42.4 Å². The van der Waals surface area contributed by atoms with E-state index >= 15 is 0 Å². The molecule has 0 saturated carbocycles. The molecule has 5 nitrogen and oxygen atoms in total. The molecular weight excluding hydrogens is 412 g/mol. The van der Waals surface area contributed by atoms with E-state index in [4.69, 9.17) is 9.47 Å². The van der Waals surface area contributed by atoms with E-state index in [9.17, 15) is 4.79 Å². The maximum absolute atomic E-state index is 12.3. The summed E-state index contributed by atoms with van der Waals surface area (Å²) < 4.78 is 10.6. The first-order chi connectivity index (χ1) is 16.2. The molecule has 0 spiro atoms. The Hall–Kier alpha value is -3.60. The Balaban J connectivity index is 1.53. The smallest absolute Gasteiger partial charge is 0.220 e. The Kier molecular flexibility index (Phi) is 9.52. The van der Waals surface area contributed by atoms with Crippen LogP contribution < -0.4 is 14.8 Å². The summed E-state index contributed by atoms with van der Waals surface area (Å²) >= 11 is 0. The zero-order valence-electron chi connectivity index (χ0n) is 19.4. The number of methoxy groups -OCH3 is 2. The van der Waals surface area contributed by atoms with Crippen molar-refractivity contribution in [3.05, 3.63) is 95.8 Å². The first-order valence-corrected chi connectivity index (χ1v) is 11.3. The van der Waals surface area contributed by atoms with Gasteiger partial charge >= 0.3 is 0 Å². The number of hydrogen-bond donors (Lipinski definition) is 1. The Bertz CT molecular complexity index is 964. The number of rotatable bonds is 12. The van der Waals surface area contributed by atoms with E-state index < -0.39 is 0 Å². The summed E-state index contributed by atoms with van der Waals surface area (Å²) in [4.78, 5) is 16.4. The lowest BCUT2D eigenvalue weighted by Gasteiger charge is -2.11. The van der Waals surface area contributed by atoms with Crippen LogP contribution in [-0.2, 0) is 11.2 Å². The van der Waals surface area contributed by atoms with E-state index in [1.165, 1.54) is 5.56 Å². The van der Waals surface area contributed by atoms with E-state index in [0.29, 0.717) is 19.4 Å². The molecule has 1 aromatic heterocycles. The molecule has 0 unspecified atom stereocenters. The molecule has 1 amide bonds. The maximum atomic E-state index is 12.3. The number of aryl methyl sites for hydroxylation is 1. The molecule has 0 aliphatic carbocycles. The fourth-order valence-electron chi connectivity index (χ4n) is 3.61. The zero-order chi connectivity index (χ0) is 23.3. The van der Waals surface area contributed by atoms with Gasteiger partial charge in [0, 0.05) is 25.4 Å². The predicted octanol–water partition coefficient (Wildman–Crippen LogP) is 5.45. The van der Waals surface area contributed by atoms with Crippen molar-refractivity contribution < 1.29 is 14.3 Å². The Morgan fingerprint density at radius 1 is 0.909 bits per heavy atom. The molecule has 5 heteroatoms. The van der Waals surface area contributed by atoms with Crippen LogP contribution in [0.5, 0.6) is 11.5 Å². The van der Waals surface area contributed by atoms with Gasteiger partial charge < -0.3 is 14.8 Å². The Labute approximate surface area is 196 Å². The van der Waals surface area contributed by atoms with Crippen LogP contribution in [0.3, 0.4) is 0 Å². The van der Waals surface area contributed by atoms with Crippen LogP contribution >= 0.6 is 0 Å². The summed E-state index contributed by atoms with van der Waals surface area (Å²) in [6.45, 7) is 0.701. The molecule has 0 fully saturated rings. The van der Waals surface area contributed by atoms with E-state index in [0.717, 1.165) is 47.5 Å². The third-order valence-corrected chi connectivity index (χ3v) is 5.46. The van der Waals surface area contributed by atoms with Crippen molar-refractivity contribution in [3.8, 4) is 11.5 Å². The number of unbranched alkanes of at least 4 members (excludes halogenated alkanes) is 1. The highest BCUT2D eigenvalue weighted by Crippen LogP contribution is 2.27. The summed E-state index contributed by atoms with van der Waals surface area (Å²) in [5.74, 6) is 1.71. The van der Waals surface area contributed by atoms with E-state index in [-0.39, 0.29) is 5.91 Å².